The maximum absolute atomic E-state index is 5.69. The van der Waals surface area contributed by atoms with Crippen LogP contribution in [0.5, 0.6) is 0 Å². The summed E-state index contributed by atoms with van der Waals surface area (Å²) in [6.07, 6.45) is 0. The standard InChI is InChI=1S/C13H20O2/c1-5-14-13(4,15-6-2)12-9-7-8-11(3)10-12/h7-10H,5-6H2,1-4H3. The maximum Gasteiger partial charge on any atom is 0.191 e. The summed E-state index contributed by atoms with van der Waals surface area (Å²) in [7, 11) is 0. The van der Waals surface area contributed by atoms with E-state index in [2.05, 4.69) is 19.1 Å². The number of benzene rings is 1. The molecular weight excluding hydrogens is 188 g/mol. The van der Waals surface area contributed by atoms with E-state index < -0.39 is 5.79 Å². The Hall–Kier alpha value is -0.860. The Bertz CT molecular complexity index is 301. The van der Waals surface area contributed by atoms with E-state index in [4.69, 9.17) is 9.47 Å². The van der Waals surface area contributed by atoms with Gasteiger partial charge in [0.2, 0.25) is 0 Å². The first-order valence-electron chi connectivity index (χ1n) is 5.47. The van der Waals surface area contributed by atoms with Crippen LogP contribution in [-0.4, -0.2) is 13.2 Å². The molecule has 0 radical (unpaired) electrons. The third-order valence-electron chi connectivity index (χ3n) is 2.38. The Morgan fingerprint density at radius 2 is 1.73 bits per heavy atom. The highest BCUT2D eigenvalue weighted by Crippen LogP contribution is 2.27. The topological polar surface area (TPSA) is 18.5 Å². The smallest absolute Gasteiger partial charge is 0.191 e. The van der Waals surface area contributed by atoms with E-state index in [-0.39, 0.29) is 0 Å². The van der Waals surface area contributed by atoms with Gasteiger partial charge in [-0.1, -0.05) is 29.8 Å². The molecule has 0 aliphatic rings. The van der Waals surface area contributed by atoms with Crippen LogP contribution in [0.4, 0.5) is 0 Å². The zero-order chi connectivity index (χ0) is 11.3. The van der Waals surface area contributed by atoms with Crippen molar-refractivity contribution >= 4 is 0 Å². The lowest BCUT2D eigenvalue weighted by molar-refractivity contribution is -0.229. The summed E-state index contributed by atoms with van der Waals surface area (Å²) in [6, 6.07) is 8.24. The van der Waals surface area contributed by atoms with Crippen LogP contribution >= 0.6 is 0 Å². The van der Waals surface area contributed by atoms with Crippen molar-refractivity contribution in [1.29, 1.82) is 0 Å². The molecule has 0 fully saturated rings. The van der Waals surface area contributed by atoms with Gasteiger partial charge in [-0.3, -0.25) is 0 Å². The molecule has 0 atom stereocenters. The molecule has 0 bridgehead atoms. The van der Waals surface area contributed by atoms with Gasteiger partial charge in [0.15, 0.2) is 5.79 Å². The van der Waals surface area contributed by atoms with Crippen LogP contribution in [0.2, 0.25) is 0 Å². The van der Waals surface area contributed by atoms with Gasteiger partial charge < -0.3 is 9.47 Å². The normalized spacial score (nSPS) is 11.7. The van der Waals surface area contributed by atoms with Gasteiger partial charge in [0.05, 0.1) is 0 Å². The van der Waals surface area contributed by atoms with Crippen molar-refractivity contribution in [2.24, 2.45) is 0 Å². The second-order valence-corrected chi connectivity index (χ2v) is 3.68. The molecule has 0 spiro atoms. The minimum Gasteiger partial charge on any atom is -0.346 e. The molecule has 0 unspecified atom stereocenters. The first-order chi connectivity index (χ1) is 7.12. The molecule has 15 heavy (non-hydrogen) atoms. The Kier molecular flexibility index (Phi) is 4.30. The van der Waals surface area contributed by atoms with E-state index >= 15 is 0 Å². The number of hydrogen-bond acceptors (Lipinski definition) is 2. The number of rotatable bonds is 5. The van der Waals surface area contributed by atoms with Gasteiger partial charge >= 0.3 is 0 Å². The van der Waals surface area contributed by atoms with E-state index in [1.807, 2.05) is 32.9 Å². The molecule has 0 aliphatic carbocycles. The largest absolute Gasteiger partial charge is 0.346 e. The molecule has 0 aromatic heterocycles. The minimum absolute atomic E-state index is 0.616. The Balaban J connectivity index is 2.97. The second-order valence-electron chi connectivity index (χ2n) is 3.68. The molecule has 1 aromatic rings. The molecule has 1 rings (SSSR count). The zero-order valence-electron chi connectivity index (χ0n) is 10.0. The number of ether oxygens (including phenoxy) is 2. The van der Waals surface area contributed by atoms with Crippen molar-refractivity contribution < 1.29 is 9.47 Å². The fourth-order valence-electron chi connectivity index (χ4n) is 1.69. The predicted molar refractivity (Wildman–Crippen MR) is 61.8 cm³/mol. The quantitative estimate of drug-likeness (QED) is 0.692. The number of aryl methyl sites for hydroxylation is 1. The Morgan fingerprint density at radius 3 is 2.20 bits per heavy atom. The average molecular weight is 208 g/mol. The van der Waals surface area contributed by atoms with Gasteiger partial charge in [0.1, 0.15) is 0 Å². The fourth-order valence-corrected chi connectivity index (χ4v) is 1.69. The first-order valence-corrected chi connectivity index (χ1v) is 5.47. The lowest BCUT2D eigenvalue weighted by atomic mass is 10.0. The highest BCUT2D eigenvalue weighted by Gasteiger charge is 2.27. The molecule has 0 saturated carbocycles. The summed E-state index contributed by atoms with van der Waals surface area (Å²) in [4.78, 5) is 0. The van der Waals surface area contributed by atoms with Crippen LogP contribution in [0, 0.1) is 6.92 Å². The van der Waals surface area contributed by atoms with E-state index in [1.165, 1.54) is 5.56 Å². The third kappa shape index (κ3) is 3.05. The third-order valence-corrected chi connectivity index (χ3v) is 2.38. The van der Waals surface area contributed by atoms with E-state index in [0.29, 0.717) is 13.2 Å². The van der Waals surface area contributed by atoms with Crippen LogP contribution in [0.25, 0.3) is 0 Å². The summed E-state index contributed by atoms with van der Waals surface area (Å²) in [5.41, 5.74) is 2.30. The minimum atomic E-state index is -0.616. The molecule has 0 saturated heterocycles. The lowest BCUT2D eigenvalue weighted by Crippen LogP contribution is -2.29. The van der Waals surface area contributed by atoms with Crippen LogP contribution in [-0.2, 0) is 15.3 Å². The first kappa shape index (κ1) is 12.2. The van der Waals surface area contributed by atoms with E-state index in [1.54, 1.807) is 0 Å². The molecule has 0 N–H and O–H groups in total. The molecule has 0 aliphatic heterocycles. The van der Waals surface area contributed by atoms with Gasteiger partial charge in [-0.05, 0) is 27.7 Å². The summed E-state index contributed by atoms with van der Waals surface area (Å²) in [5, 5.41) is 0. The van der Waals surface area contributed by atoms with Crippen molar-refractivity contribution in [3.8, 4) is 0 Å². The van der Waals surface area contributed by atoms with Crippen molar-refractivity contribution in [2.45, 2.75) is 33.5 Å². The molecule has 0 amide bonds. The van der Waals surface area contributed by atoms with Crippen LogP contribution in [0.1, 0.15) is 31.9 Å². The lowest BCUT2D eigenvalue weighted by Gasteiger charge is -2.29. The predicted octanol–water partition coefficient (Wildman–Crippen LogP) is 3.24. The van der Waals surface area contributed by atoms with Crippen molar-refractivity contribution in [3.05, 3.63) is 35.4 Å². The van der Waals surface area contributed by atoms with Crippen LogP contribution in [0.15, 0.2) is 24.3 Å². The zero-order valence-corrected chi connectivity index (χ0v) is 10.0. The maximum atomic E-state index is 5.69. The monoisotopic (exact) mass is 208 g/mol. The van der Waals surface area contributed by atoms with Crippen LogP contribution in [0.3, 0.4) is 0 Å². The van der Waals surface area contributed by atoms with Gasteiger partial charge in [0.25, 0.3) is 0 Å². The summed E-state index contributed by atoms with van der Waals surface area (Å²) in [6.45, 7) is 9.28. The van der Waals surface area contributed by atoms with E-state index in [9.17, 15) is 0 Å². The fraction of sp³-hybridized carbons (Fsp3) is 0.538. The summed E-state index contributed by atoms with van der Waals surface area (Å²) >= 11 is 0. The van der Waals surface area contributed by atoms with E-state index in [0.717, 1.165) is 5.56 Å². The SMILES string of the molecule is CCOC(C)(OCC)c1cccc(C)c1. The second kappa shape index (κ2) is 5.29. The summed E-state index contributed by atoms with van der Waals surface area (Å²) in [5.74, 6) is -0.616. The average Bonchev–Trinajstić information content (AvgIpc) is 2.18. The molecule has 2 heteroatoms. The van der Waals surface area contributed by atoms with Crippen LogP contribution < -0.4 is 0 Å². The van der Waals surface area contributed by atoms with Gasteiger partial charge in [-0.2, -0.15) is 0 Å². The van der Waals surface area contributed by atoms with Gasteiger partial charge in [0, 0.05) is 18.8 Å². The molecular formula is C13H20O2. The van der Waals surface area contributed by atoms with Crippen molar-refractivity contribution in [2.75, 3.05) is 13.2 Å². The van der Waals surface area contributed by atoms with Gasteiger partial charge in [-0.25, -0.2) is 0 Å². The highest BCUT2D eigenvalue weighted by atomic mass is 16.7. The molecule has 1 aromatic carbocycles. The number of hydrogen-bond donors (Lipinski definition) is 0. The van der Waals surface area contributed by atoms with Gasteiger partial charge in [-0.15, -0.1) is 0 Å². The van der Waals surface area contributed by atoms with Crippen molar-refractivity contribution in [3.63, 3.8) is 0 Å². The van der Waals surface area contributed by atoms with Crippen molar-refractivity contribution in [1.82, 2.24) is 0 Å². The summed E-state index contributed by atoms with van der Waals surface area (Å²) < 4.78 is 11.4. The Labute approximate surface area is 92.2 Å². The Morgan fingerprint density at radius 1 is 1.13 bits per heavy atom. The molecule has 2 nitrogen and oxygen atoms in total. The molecule has 84 valence electrons. The highest BCUT2D eigenvalue weighted by molar-refractivity contribution is 5.25. The molecule has 0 heterocycles.